The third-order valence-electron chi connectivity index (χ3n) is 1.54. The van der Waals surface area contributed by atoms with Gasteiger partial charge in [0.15, 0.2) is 11.5 Å². The van der Waals surface area contributed by atoms with Gasteiger partial charge >= 0.3 is 0 Å². The minimum absolute atomic E-state index is 0.260. The topological polar surface area (TPSA) is 30.2 Å². The van der Waals surface area contributed by atoms with Crippen LogP contribution in [0, 0.1) is 12.7 Å². The van der Waals surface area contributed by atoms with E-state index < -0.39 is 0 Å². The van der Waals surface area contributed by atoms with Crippen molar-refractivity contribution in [2.75, 3.05) is 0 Å². The third-order valence-corrected chi connectivity index (χ3v) is 1.95. The average Bonchev–Trinajstić information content (AvgIpc) is 2.28. The van der Waals surface area contributed by atoms with E-state index in [4.69, 9.17) is 0 Å². The van der Waals surface area contributed by atoms with Crippen LogP contribution in [0.4, 0.5) is 4.39 Å². The monoisotopic (exact) mass is 229 g/mol. The van der Waals surface area contributed by atoms with E-state index in [0.717, 1.165) is 4.47 Å². The summed E-state index contributed by atoms with van der Waals surface area (Å²) >= 11 is 3.22. The molecule has 0 spiro atoms. The van der Waals surface area contributed by atoms with Crippen LogP contribution in [-0.2, 0) is 0 Å². The molecule has 0 radical (unpaired) electrons. The molecule has 0 atom stereocenters. The van der Waals surface area contributed by atoms with Crippen molar-refractivity contribution in [3.63, 3.8) is 0 Å². The highest BCUT2D eigenvalue weighted by Crippen LogP contribution is 2.13. The summed E-state index contributed by atoms with van der Waals surface area (Å²) in [4.78, 5) is 3.88. The second kappa shape index (κ2) is 2.52. The van der Waals surface area contributed by atoms with E-state index in [2.05, 4.69) is 26.0 Å². The SMILES string of the molecule is Cc1nn2cc(Br)cnc2c1F. The van der Waals surface area contributed by atoms with Crippen molar-refractivity contribution >= 4 is 21.6 Å². The Morgan fingerprint density at radius 3 is 3.08 bits per heavy atom. The zero-order valence-electron chi connectivity index (χ0n) is 6.25. The molecule has 0 saturated heterocycles. The first-order valence-corrected chi connectivity index (χ1v) is 4.14. The first kappa shape index (κ1) is 7.67. The summed E-state index contributed by atoms with van der Waals surface area (Å²) in [5, 5.41) is 3.92. The zero-order chi connectivity index (χ0) is 8.72. The number of halogens is 2. The molecule has 0 amide bonds. The highest BCUT2D eigenvalue weighted by atomic mass is 79.9. The van der Waals surface area contributed by atoms with Crippen LogP contribution < -0.4 is 0 Å². The Morgan fingerprint density at radius 2 is 2.33 bits per heavy atom. The Bertz CT molecular complexity index is 437. The predicted octanol–water partition coefficient (Wildman–Crippen LogP) is 1.94. The fraction of sp³-hybridized carbons (Fsp3) is 0.143. The van der Waals surface area contributed by atoms with E-state index in [1.165, 1.54) is 4.52 Å². The highest BCUT2D eigenvalue weighted by Gasteiger charge is 2.08. The highest BCUT2D eigenvalue weighted by molar-refractivity contribution is 9.10. The largest absolute Gasteiger partial charge is 0.233 e. The average molecular weight is 230 g/mol. The molecule has 0 aromatic carbocycles. The van der Waals surface area contributed by atoms with Gasteiger partial charge in [0.2, 0.25) is 0 Å². The minimum Gasteiger partial charge on any atom is -0.233 e. The van der Waals surface area contributed by atoms with Gasteiger partial charge in [-0.15, -0.1) is 0 Å². The molecule has 2 aromatic rings. The molecule has 2 rings (SSSR count). The molecule has 3 nitrogen and oxygen atoms in total. The molecule has 0 unspecified atom stereocenters. The fourth-order valence-corrected chi connectivity index (χ4v) is 1.29. The summed E-state index contributed by atoms with van der Waals surface area (Å²) in [6.45, 7) is 1.61. The number of nitrogens with zero attached hydrogens (tertiary/aromatic N) is 3. The van der Waals surface area contributed by atoms with Gasteiger partial charge in [0.25, 0.3) is 0 Å². The van der Waals surface area contributed by atoms with E-state index in [1.54, 1.807) is 19.3 Å². The molecule has 0 bridgehead atoms. The van der Waals surface area contributed by atoms with E-state index in [0.29, 0.717) is 5.69 Å². The van der Waals surface area contributed by atoms with Crippen molar-refractivity contribution in [2.24, 2.45) is 0 Å². The Labute approximate surface area is 76.4 Å². The Hall–Kier alpha value is -0.970. The molecule has 2 heterocycles. The van der Waals surface area contributed by atoms with Gasteiger partial charge in [0.05, 0.1) is 10.2 Å². The number of hydrogen-bond acceptors (Lipinski definition) is 2. The van der Waals surface area contributed by atoms with Gasteiger partial charge in [-0.25, -0.2) is 13.9 Å². The quantitative estimate of drug-likeness (QED) is 0.692. The van der Waals surface area contributed by atoms with Crippen molar-refractivity contribution in [3.8, 4) is 0 Å². The van der Waals surface area contributed by atoms with Gasteiger partial charge in [-0.1, -0.05) is 0 Å². The molecule has 2 aromatic heterocycles. The number of hydrogen-bond donors (Lipinski definition) is 0. The summed E-state index contributed by atoms with van der Waals surface area (Å²) < 4.78 is 15.3. The van der Waals surface area contributed by atoms with Gasteiger partial charge < -0.3 is 0 Å². The molecule has 0 fully saturated rings. The van der Waals surface area contributed by atoms with E-state index >= 15 is 0 Å². The van der Waals surface area contributed by atoms with Crippen LogP contribution in [0.15, 0.2) is 16.9 Å². The maximum absolute atomic E-state index is 13.1. The summed E-state index contributed by atoms with van der Waals surface area (Å²) in [7, 11) is 0. The summed E-state index contributed by atoms with van der Waals surface area (Å²) in [6.07, 6.45) is 3.21. The van der Waals surface area contributed by atoms with Crippen LogP contribution in [0.2, 0.25) is 0 Å². The second-order valence-corrected chi connectivity index (χ2v) is 3.36. The van der Waals surface area contributed by atoms with Gasteiger partial charge in [-0.05, 0) is 22.9 Å². The maximum Gasteiger partial charge on any atom is 0.191 e. The Morgan fingerprint density at radius 1 is 1.58 bits per heavy atom. The van der Waals surface area contributed by atoms with Gasteiger partial charge in [-0.3, -0.25) is 0 Å². The molecule has 5 heteroatoms. The standard InChI is InChI=1S/C7H5BrFN3/c1-4-6(9)7-10-2-5(8)3-12(7)11-4/h2-3H,1H3. The van der Waals surface area contributed by atoms with Crippen molar-refractivity contribution in [2.45, 2.75) is 6.92 Å². The predicted molar refractivity (Wildman–Crippen MR) is 45.4 cm³/mol. The van der Waals surface area contributed by atoms with Crippen LogP contribution in [0.1, 0.15) is 5.69 Å². The number of aromatic nitrogens is 3. The minimum atomic E-state index is -0.359. The van der Waals surface area contributed by atoms with Crippen molar-refractivity contribution in [1.82, 2.24) is 14.6 Å². The van der Waals surface area contributed by atoms with Crippen molar-refractivity contribution < 1.29 is 4.39 Å². The molecular formula is C7H5BrFN3. The van der Waals surface area contributed by atoms with Crippen LogP contribution in [0.5, 0.6) is 0 Å². The third kappa shape index (κ3) is 1.01. The number of rotatable bonds is 0. The van der Waals surface area contributed by atoms with Crippen LogP contribution in [0.25, 0.3) is 5.65 Å². The summed E-state index contributed by atoms with van der Waals surface area (Å²) in [6, 6.07) is 0. The van der Waals surface area contributed by atoms with Crippen molar-refractivity contribution in [1.29, 1.82) is 0 Å². The number of fused-ring (bicyclic) bond motifs is 1. The maximum atomic E-state index is 13.1. The van der Waals surface area contributed by atoms with Gasteiger partial charge in [0, 0.05) is 12.4 Å². The lowest BCUT2D eigenvalue weighted by Gasteiger charge is -1.91. The zero-order valence-corrected chi connectivity index (χ0v) is 7.84. The van der Waals surface area contributed by atoms with Crippen molar-refractivity contribution in [3.05, 3.63) is 28.4 Å². The molecule has 0 aliphatic heterocycles. The lowest BCUT2D eigenvalue weighted by atomic mass is 10.4. The van der Waals surface area contributed by atoms with E-state index in [-0.39, 0.29) is 11.5 Å². The number of aryl methyl sites for hydroxylation is 1. The second-order valence-electron chi connectivity index (χ2n) is 2.44. The molecule has 0 aliphatic rings. The van der Waals surface area contributed by atoms with Gasteiger partial charge in [0.1, 0.15) is 0 Å². The lowest BCUT2D eigenvalue weighted by Crippen LogP contribution is -1.89. The summed E-state index contributed by atoms with van der Waals surface area (Å²) in [5.74, 6) is -0.359. The first-order chi connectivity index (χ1) is 5.68. The van der Waals surface area contributed by atoms with Crippen LogP contribution >= 0.6 is 15.9 Å². The van der Waals surface area contributed by atoms with Crippen LogP contribution in [-0.4, -0.2) is 14.6 Å². The smallest absolute Gasteiger partial charge is 0.191 e. The Kier molecular flexibility index (Phi) is 1.61. The molecule has 0 saturated carbocycles. The van der Waals surface area contributed by atoms with E-state index in [1.807, 2.05) is 0 Å². The van der Waals surface area contributed by atoms with Crippen LogP contribution in [0.3, 0.4) is 0 Å². The molecule has 0 N–H and O–H groups in total. The lowest BCUT2D eigenvalue weighted by molar-refractivity contribution is 0.626. The molecular weight excluding hydrogens is 225 g/mol. The normalized spacial score (nSPS) is 10.9. The fourth-order valence-electron chi connectivity index (χ4n) is 0.994. The molecule has 0 aliphatic carbocycles. The molecule has 62 valence electrons. The Balaban J connectivity index is 2.87. The first-order valence-electron chi connectivity index (χ1n) is 3.34. The molecule has 12 heavy (non-hydrogen) atoms. The van der Waals surface area contributed by atoms with Gasteiger partial charge in [-0.2, -0.15) is 5.10 Å². The summed E-state index contributed by atoms with van der Waals surface area (Å²) in [5.41, 5.74) is 0.622. The van der Waals surface area contributed by atoms with E-state index in [9.17, 15) is 4.39 Å².